The second-order valence-electron chi connectivity index (χ2n) is 10.3. The van der Waals surface area contributed by atoms with Crippen molar-refractivity contribution in [3.8, 4) is 5.75 Å². The number of hydrogen-bond donors (Lipinski definition) is 1. The molecular weight excluding hydrogens is 744 g/mol. The third-order valence-corrected chi connectivity index (χ3v) is 6.01. The standard InChI is InChI=1S/C28H34N4O22/c1-16(25(36)46-10-4-5-11-49-30(40)41)51-24(35)15-47-23(34)14-48-28(39)21(29-22(33)13-50-31(42)43)12-19-6-8-20(9-7-19)53-26(37)17(2)52-27(38)18(3)54-32(44)45/h6-9,16-18,21H,4-5,10-15H2,1-3H3,(H,29,33). The number of esters is 6. The van der Waals surface area contributed by atoms with E-state index < -0.39 is 101 Å². The maximum atomic E-state index is 12.8. The second kappa shape index (κ2) is 23.6. The molecule has 0 saturated carbocycles. The molecule has 0 aliphatic carbocycles. The summed E-state index contributed by atoms with van der Waals surface area (Å²) in [7, 11) is 0. The number of benzene rings is 1. The van der Waals surface area contributed by atoms with Crippen molar-refractivity contribution in [1.29, 1.82) is 0 Å². The van der Waals surface area contributed by atoms with E-state index in [1.165, 1.54) is 24.3 Å². The summed E-state index contributed by atoms with van der Waals surface area (Å²) in [6, 6.07) is 3.51. The van der Waals surface area contributed by atoms with E-state index in [1.807, 2.05) is 0 Å². The molecule has 54 heavy (non-hydrogen) atoms. The smallest absolute Gasteiger partial charge is 0.352 e. The van der Waals surface area contributed by atoms with Crippen LogP contribution in [0.1, 0.15) is 39.2 Å². The summed E-state index contributed by atoms with van der Waals surface area (Å²) >= 11 is 0. The van der Waals surface area contributed by atoms with Crippen molar-refractivity contribution in [2.45, 2.75) is 64.4 Å². The average molecular weight is 779 g/mol. The van der Waals surface area contributed by atoms with E-state index in [2.05, 4.69) is 24.6 Å². The number of ether oxygens (including phenoxy) is 6. The van der Waals surface area contributed by atoms with E-state index in [1.54, 1.807) is 0 Å². The molecule has 1 N–H and O–H groups in total. The molecule has 1 rings (SSSR count). The number of rotatable bonds is 25. The topological polar surface area (TPSA) is 344 Å². The highest BCUT2D eigenvalue weighted by molar-refractivity contribution is 5.87. The van der Waals surface area contributed by atoms with Gasteiger partial charge in [-0.25, -0.2) is 28.8 Å². The normalized spacial score (nSPS) is 12.5. The Kier molecular flexibility index (Phi) is 19.7. The lowest BCUT2D eigenvalue weighted by Gasteiger charge is -2.18. The fourth-order valence-electron chi connectivity index (χ4n) is 3.48. The average Bonchev–Trinajstić information content (AvgIpc) is 3.09. The van der Waals surface area contributed by atoms with E-state index in [9.17, 15) is 63.9 Å². The minimum Gasteiger partial charge on any atom is -0.463 e. The Morgan fingerprint density at radius 2 is 1.22 bits per heavy atom. The van der Waals surface area contributed by atoms with Crippen LogP contribution in [-0.4, -0.2) is 114 Å². The van der Waals surface area contributed by atoms with Gasteiger partial charge in [0, 0.05) is 6.42 Å². The molecule has 1 amide bonds. The Bertz CT molecular complexity index is 1520. The lowest BCUT2D eigenvalue weighted by molar-refractivity contribution is -0.764. The molecule has 0 fully saturated rings. The van der Waals surface area contributed by atoms with Gasteiger partial charge in [-0.15, -0.1) is 30.3 Å². The van der Waals surface area contributed by atoms with Gasteiger partial charge in [0.2, 0.25) is 12.0 Å². The number of amides is 1. The number of nitrogens with one attached hydrogen (secondary N) is 1. The second-order valence-corrected chi connectivity index (χ2v) is 10.3. The molecule has 0 aliphatic rings. The molecule has 4 atom stereocenters. The van der Waals surface area contributed by atoms with Gasteiger partial charge in [-0.2, -0.15) is 0 Å². The summed E-state index contributed by atoms with van der Waals surface area (Å²) < 4.78 is 28.9. The third-order valence-electron chi connectivity index (χ3n) is 6.01. The molecule has 26 heteroatoms. The maximum Gasteiger partial charge on any atom is 0.352 e. The van der Waals surface area contributed by atoms with Gasteiger partial charge in [0.15, 0.2) is 32.0 Å². The Morgan fingerprint density at radius 1 is 0.630 bits per heavy atom. The van der Waals surface area contributed by atoms with Gasteiger partial charge in [-0.1, -0.05) is 12.1 Å². The molecular formula is C28H34N4O22. The summed E-state index contributed by atoms with van der Waals surface area (Å²) in [6.07, 6.45) is -4.49. The lowest BCUT2D eigenvalue weighted by Crippen LogP contribution is -2.45. The molecule has 4 unspecified atom stereocenters. The van der Waals surface area contributed by atoms with Gasteiger partial charge >= 0.3 is 35.8 Å². The number of hydrogen-bond acceptors (Lipinski definition) is 22. The molecule has 26 nitrogen and oxygen atoms in total. The van der Waals surface area contributed by atoms with E-state index in [0.29, 0.717) is 0 Å². The lowest BCUT2D eigenvalue weighted by atomic mass is 10.1. The largest absolute Gasteiger partial charge is 0.463 e. The van der Waals surface area contributed by atoms with Gasteiger partial charge in [-0.3, -0.25) is 9.63 Å². The predicted molar refractivity (Wildman–Crippen MR) is 164 cm³/mol. The zero-order valence-electron chi connectivity index (χ0n) is 28.6. The number of unbranched alkanes of at least 4 members (excludes halogenated alkanes) is 1. The minimum atomic E-state index is -1.62. The van der Waals surface area contributed by atoms with Gasteiger partial charge in [0.1, 0.15) is 11.8 Å². The first-order chi connectivity index (χ1) is 25.4. The Balaban J connectivity index is 2.70. The Hall–Kier alpha value is -6.89. The number of carbonyl (C=O) groups excluding carboxylic acids is 7. The highest BCUT2D eigenvalue weighted by Gasteiger charge is 2.27. The molecule has 0 heterocycles. The van der Waals surface area contributed by atoms with E-state index in [0.717, 1.165) is 20.8 Å². The summed E-state index contributed by atoms with van der Waals surface area (Å²) in [4.78, 5) is 128. The summed E-state index contributed by atoms with van der Waals surface area (Å²) in [5.41, 5.74) is 0.277. The van der Waals surface area contributed by atoms with Crippen molar-refractivity contribution in [2.75, 3.05) is 33.0 Å². The van der Waals surface area contributed by atoms with E-state index >= 15 is 0 Å². The van der Waals surface area contributed by atoms with Crippen molar-refractivity contribution in [1.82, 2.24) is 5.32 Å². The van der Waals surface area contributed by atoms with Crippen LogP contribution in [0.2, 0.25) is 0 Å². The van der Waals surface area contributed by atoms with Crippen LogP contribution >= 0.6 is 0 Å². The van der Waals surface area contributed by atoms with E-state index in [-0.39, 0.29) is 43.8 Å². The maximum absolute atomic E-state index is 12.8. The zero-order chi connectivity index (χ0) is 40.8. The molecule has 298 valence electrons. The first-order valence-corrected chi connectivity index (χ1v) is 15.2. The van der Waals surface area contributed by atoms with Crippen LogP contribution in [0, 0.1) is 30.3 Å². The van der Waals surface area contributed by atoms with Crippen LogP contribution < -0.4 is 10.1 Å². The van der Waals surface area contributed by atoms with Gasteiger partial charge in [-0.05, 0) is 51.3 Å². The quantitative estimate of drug-likeness (QED) is 0.0307. The van der Waals surface area contributed by atoms with Crippen molar-refractivity contribution in [3.63, 3.8) is 0 Å². The van der Waals surface area contributed by atoms with Gasteiger partial charge < -0.3 is 43.4 Å². The molecule has 0 radical (unpaired) electrons. The van der Waals surface area contributed by atoms with Crippen molar-refractivity contribution >= 4 is 41.7 Å². The first kappa shape index (κ1) is 45.1. The van der Waals surface area contributed by atoms with Crippen LogP contribution in [0.15, 0.2) is 24.3 Å². The van der Waals surface area contributed by atoms with Crippen LogP contribution in [0.5, 0.6) is 5.75 Å². The monoisotopic (exact) mass is 778 g/mol. The van der Waals surface area contributed by atoms with Crippen molar-refractivity contribution in [3.05, 3.63) is 60.2 Å². The molecule has 0 bridgehead atoms. The molecule has 0 spiro atoms. The predicted octanol–water partition coefficient (Wildman–Crippen LogP) is -1.09. The van der Waals surface area contributed by atoms with E-state index in [4.69, 9.17) is 23.7 Å². The Morgan fingerprint density at radius 3 is 1.83 bits per heavy atom. The fraction of sp³-hybridized carbons (Fsp3) is 0.536. The molecule has 0 aliphatic heterocycles. The van der Waals surface area contributed by atoms with Crippen LogP contribution in [0.4, 0.5) is 0 Å². The summed E-state index contributed by atoms with van der Waals surface area (Å²) in [5, 5.41) is 29.6. The van der Waals surface area contributed by atoms with Crippen molar-refractivity contribution in [2.24, 2.45) is 0 Å². The highest BCUT2D eigenvalue weighted by Crippen LogP contribution is 2.16. The number of carbonyl (C=O) groups is 7. The molecule has 1 aromatic rings. The van der Waals surface area contributed by atoms with Crippen LogP contribution in [-0.2, 0) is 78.2 Å². The molecule has 0 aromatic heterocycles. The van der Waals surface area contributed by atoms with Crippen LogP contribution in [0.25, 0.3) is 0 Å². The first-order valence-electron chi connectivity index (χ1n) is 15.2. The Labute approximate surface area is 302 Å². The fourth-order valence-corrected chi connectivity index (χ4v) is 3.48. The van der Waals surface area contributed by atoms with Crippen molar-refractivity contribution < 1.29 is 91.8 Å². The summed E-state index contributed by atoms with van der Waals surface area (Å²) in [6.45, 7) is -0.264. The van der Waals surface area contributed by atoms with Gasteiger partial charge in [0.05, 0.1) is 13.2 Å². The molecule has 1 aromatic carbocycles. The number of nitrogens with zero attached hydrogens (tertiary/aromatic N) is 3. The SMILES string of the molecule is CC(OC(=O)COC(=O)COC(=O)C(Cc1ccc(OC(=O)C(C)OC(=O)C(C)O[N+](=O)[O-])cc1)NC(=O)CO[N+](=O)[O-])C(=O)OCCCCO[N+](=O)[O-]. The molecule has 0 saturated heterocycles. The highest BCUT2D eigenvalue weighted by atomic mass is 17.0. The zero-order valence-corrected chi connectivity index (χ0v) is 28.6. The van der Waals surface area contributed by atoms with Crippen LogP contribution in [0.3, 0.4) is 0 Å². The summed E-state index contributed by atoms with van der Waals surface area (Å²) in [5.74, 6) is -8.17. The van der Waals surface area contributed by atoms with Gasteiger partial charge in [0.25, 0.3) is 15.3 Å². The third kappa shape index (κ3) is 19.5. The minimum absolute atomic E-state index is 0.0886.